The number of hydrogen-bond acceptors (Lipinski definition) is 3. The van der Waals surface area contributed by atoms with Crippen LogP contribution >= 0.6 is 11.3 Å². The molecule has 0 aliphatic carbocycles. The molecule has 0 aliphatic heterocycles. The molecule has 0 aliphatic rings. The molecule has 18 heavy (non-hydrogen) atoms. The predicted molar refractivity (Wildman–Crippen MR) is 77.1 cm³/mol. The Hall–Kier alpha value is -1.13. The Morgan fingerprint density at radius 1 is 1.39 bits per heavy atom. The zero-order valence-corrected chi connectivity index (χ0v) is 12.2. The average molecular weight is 263 g/mol. The van der Waals surface area contributed by atoms with Crippen LogP contribution in [0, 0.1) is 13.8 Å². The van der Waals surface area contributed by atoms with Gasteiger partial charge < -0.3 is 9.88 Å². The van der Waals surface area contributed by atoms with Crippen LogP contribution in [-0.2, 0) is 13.1 Å². The zero-order valence-electron chi connectivity index (χ0n) is 11.4. The fourth-order valence-corrected chi connectivity index (χ4v) is 2.81. The van der Waals surface area contributed by atoms with Crippen molar-refractivity contribution in [3.8, 4) is 0 Å². The van der Waals surface area contributed by atoms with Crippen LogP contribution in [0.5, 0.6) is 0 Å². The quantitative estimate of drug-likeness (QED) is 0.812. The molecular formula is C14H21N3S. The number of rotatable bonds is 6. The summed E-state index contributed by atoms with van der Waals surface area (Å²) in [7, 11) is 0. The number of thiazole rings is 1. The maximum absolute atomic E-state index is 4.57. The van der Waals surface area contributed by atoms with Gasteiger partial charge in [-0.2, -0.15) is 0 Å². The third kappa shape index (κ3) is 3.43. The molecule has 1 N–H and O–H groups in total. The van der Waals surface area contributed by atoms with Crippen LogP contribution in [0.3, 0.4) is 0 Å². The number of nitrogens with zero attached hydrogens (tertiary/aromatic N) is 2. The van der Waals surface area contributed by atoms with Gasteiger partial charge in [-0.3, -0.25) is 0 Å². The van der Waals surface area contributed by atoms with E-state index < -0.39 is 0 Å². The van der Waals surface area contributed by atoms with E-state index in [-0.39, 0.29) is 0 Å². The average Bonchev–Trinajstić information content (AvgIpc) is 2.88. The second-order valence-corrected chi connectivity index (χ2v) is 5.91. The summed E-state index contributed by atoms with van der Waals surface area (Å²) in [4.78, 5) is 5.89. The van der Waals surface area contributed by atoms with Gasteiger partial charge in [-0.25, -0.2) is 4.98 Å². The lowest BCUT2D eigenvalue weighted by atomic mass is 10.3. The lowest BCUT2D eigenvalue weighted by Crippen LogP contribution is -2.13. The van der Waals surface area contributed by atoms with Crippen molar-refractivity contribution in [1.82, 2.24) is 14.9 Å². The van der Waals surface area contributed by atoms with Crippen molar-refractivity contribution in [3.05, 3.63) is 39.6 Å². The molecule has 0 atom stereocenters. The summed E-state index contributed by atoms with van der Waals surface area (Å²) >= 11 is 1.79. The number of nitrogens with one attached hydrogen (secondary N) is 1. The second-order valence-electron chi connectivity index (χ2n) is 4.62. The SMILES string of the molecule is CCCNCc1ccn(Cc2nc(C)c(C)s2)c1. The highest BCUT2D eigenvalue weighted by Crippen LogP contribution is 2.17. The Morgan fingerprint density at radius 2 is 2.22 bits per heavy atom. The van der Waals surface area contributed by atoms with Crippen molar-refractivity contribution < 1.29 is 0 Å². The fourth-order valence-electron chi connectivity index (χ4n) is 1.87. The third-order valence-electron chi connectivity index (χ3n) is 2.96. The molecule has 0 fully saturated rings. The zero-order chi connectivity index (χ0) is 13.0. The first-order valence-corrected chi connectivity index (χ1v) is 7.29. The van der Waals surface area contributed by atoms with Crippen molar-refractivity contribution in [2.45, 2.75) is 40.3 Å². The van der Waals surface area contributed by atoms with E-state index in [9.17, 15) is 0 Å². The van der Waals surface area contributed by atoms with E-state index in [0.717, 1.165) is 25.3 Å². The maximum atomic E-state index is 4.57. The topological polar surface area (TPSA) is 29.9 Å². The highest BCUT2D eigenvalue weighted by atomic mass is 32.1. The van der Waals surface area contributed by atoms with Crippen LogP contribution in [-0.4, -0.2) is 16.1 Å². The monoisotopic (exact) mass is 263 g/mol. The van der Waals surface area contributed by atoms with E-state index in [2.05, 4.69) is 54.1 Å². The normalized spacial score (nSPS) is 11.1. The van der Waals surface area contributed by atoms with Gasteiger partial charge >= 0.3 is 0 Å². The molecular weight excluding hydrogens is 242 g/mol. The van der Waals surface area contributed by atoms with E-state index in [4.69, 9.17) is 0 Å². The van der Waals surface area contributed by atoms with Crippen LogP contribution in [0.4, 0.5) is 0 Å². The fraction of sp³-hybridized carbons (Fsp3) is 0.500. The lowest BCUT2D eigenvalue weighted by molar-refractivity contribution is 0.673. The van der Waals surface area contributed by atoms with E-state index in [1.54, 1.807) is 11.3 Å². The maximum Gasteiger partial charge on any atom is 0.113 e. The Kier molecular flexibility index (Phi) is 4.55. The molecule has 0 amide bonds. The van der Waals surface area contributed by atoms with E-state index >= 15 is 0 Å². The Balaban J connectivity index is 1.93. The van der Waals surface area contributed by atoms with Gasteiger partial charge in [0.15, 0.2) is 0 Å². The summed E-state index contributed by atoms with van der Waals surface area (Å²) < 4.78 is 2.21. The minimum atomic E-state index is 0.882. The highest BCUT2D eigenvalue weighted by molar-refractivity contribution is 7.11. The molecule has 0 saturated heterocycles. The van der Waals surface area contributed by atoms with Crippen LogP contribution in [0.2, 0.25) is 0 Å². The summed E-state index contributed by atoms with van der Waals surface area (Å²) in [5, 5.41) is 4.60. The molecule has 0 radical (unpaired) electrons. The summed E-state index contributed by atoms with van der Waals surface area (Å²) in [5.74, 6) is 0. The van der Waals surface area contributed by atoms with Gasteiger partial charge in [0.05, 0.1) is 12.2 Å². The molecule has 98 valence electrons. The van der Waals surface area contributed by atoms with Crippen molar-refractivity contribution in [1.29, 1.82) is 0 Å². The standard InChI is InChI=1S/C14H21N3S/c1-4-6-15-8-13-5-7-17(9-13)10-14-16-11(2)12(3)18-14/h5,7,9,15H,4,6,8,10H2,1-3H3. The molecule has 2 heterocycles. The van der Waals surface area contributed by atoms with Crippen LogP contribution in [0.1, 0.15) is 34.5 Å². The minimum absolute atomic E-state index is 0.882. The Labute approximate surface area is 113 Å². The van der Waals surface area contributed by atoms with E-state index in [1.165, 1.54) is 21.9 Å². The van der Waals surface area contributed by atoms with Crippen LogP contribution < -0.4 is 5.32 Å². The van der Waals surface area contributed by atoms with Crippen LogP contribution in [0.15, 0.2) is 18.5 Å². The van der Waals surface area contributed by atoms with Crippen molar-refractivity contribution >= 4 is 11.3 Å². The second kappa shape index (κ2) is 6.16. The molecule has 0 bridgehead atoms. The van der Waals surface area contributed by atoms with Crippen molar-refractivity contribution in [3.63, 3.8) is 0 Å². The van der Waals surface area contributed by atoms with Crippen LogP contribution in [0.25, 0.3) is 0 Å². The molecule has 0 spiro atoms. The molecule has 0 unspecified atom stereocenters. The highest BCUT2D eigenvalue weighted by Gasteiger charge is 2.04. The summed E-state index contributed by atoms with van der Waals surface area (Å²) in [5.41, 5.74) is 2.50. The molecule has 0 aromatic carbocycles. The van der Waals surface area contributed by atoms with Gasteiger partial charge in [-0.15, -0.1) is 11.3 Å². The van der Waals surface area contributed by atoms with Gasteiger partial charge in [-0.05, 0) is 38.4 Å². The molecule has 3 nitrogen and oxygen atoms in total. The summed E-state index contributed by atoms with van der Waals surface area (Å²) in [6.45, 7) is 9.31. The van der Waals surface area contributed by atoms with Gasteiger partial charge in [0, 0.05) is 23.8 Å². The summed E-state index contributed by atoms with van der Waals surface area (Å²) in [6, 6.07) is 2.18. The molecule has 0 saturated carbocycles. The lowest BCUT2D eigenvalue weighted by Gasteiger charge is -2.00. The molecule has 2 aromatic rings. The Morgan fingerprint density at radius 3 is 2.89 bits per heavy atom. The van der Waals surface area contributed by atoms with E-state index in [0.29, 0.717) is 0 Å². The molecule has 4 heteroatoms. The first-order valence-electron chi connectivity index (χ1n) is 6.47. The third-order valence-corrected chi connectivity index (χ3v) is 4.02. The number of hydrogen-bond donors (Lipinski definition) is 1. The Bertz CT molecular complexity index is 479. The van der Waals surface area contributed by atoms with Crippen molar-refractivity contribution in [2.24, 2.45) is 0 Å². The summed E-state index contributed by atoms with van der Waals surface area (Å²) in [6.07, 6.45) is 5.52. The van der Waals surface area contributed by atoms with Gasteiger partial charge in [0.2, 0.25) is 0 Å². The number of aryl methyl sites for hydroxylation is 2. The minimum Gasteiger partial charge on any atom is -0.347 e. The van der Waals surface area contributed by atoms with Gasteiger partial charge in [0.25, 0.3) is 0 Å². The largest absolute Gasteiger partial charge is 0.347 e. The molecule has 2 aromatic heterocycles. The van der Waals surface area contributed by atoms with Gasteiger partial charge in [0.1, 0.15) is 5.01 Å². The smallest absolute Gasteiger partial charge is 0.113 e. The molecule has 2 rings (SSSR count). The van der Waals surface area contributed by atoms with Gasteiger partial charge in [-0.1, -0.05) is 6.92 Å². The number of aromatic nitrogens is 2. The first kappa shape index (κ1) is 13.3. The van der Waals surface area contributed by atoms with E-state index in [1.807, 2.05) is 0 Å². The predicted octanol–water partition coefficient (Wildman–Crippen LogP) is 3.11. The first-order chi connectivity index (χ1) is 8.69. The van der Waals surface area contributed by atoms with Crippen molar-refractivity contribution in [2.75, 3.05) is 6.54 Å².